The van der Waals surface area contributed by atoms with E-state index in [1.165, 1.54) is 11.1 Å². The molecule has 0 spiro atoms. The summed E-state index contributed by atoms with van der Waals surface area (Å²) < 4.78 is 5.53. The van der Waals surface area contributed by atoms with E-state index in [2.05, 4.69) is 42.2 Å². The van der Waals surface area contributed by atoms with Crippen LogP contribution in [0.4, 0.5) is 0 Å². The van der Waals surface area contributed by atoms with Crippen molar-refractivity contribution in [2.24, 2.45) is 0 Å². The Morgan fingerprint density at radius 2 is 1.88 bits per heavy atom. The third kappa shape index (κ3) is 6.40. The molecule has 0 amide bonds. The van der Waals surface area contributed by atoms with E-state index in [1.807, 2.05) is 0 Å². The number of fused-ring (bicyclic) bond motifs is 1. The van der Waals surface area contributed by atoms with Crippen molar-refractivity contribution in [1.82, 2.24) is 0 Å². The Hall–Kier alpha value is 1.45. The molecule has 1 aliphatic rings. The topological polar surface area (TPSA) is 9.23 Å². The Morgan fingerprint density at radius 3 is 2.38 bits per heavy atom. The van der Waals surface area contributed by atoms with Gasteiger partial charge in [0.25, 0.3) is 0 Å². The van der Waals surface area contributed by atoms with Gasteiger partial charge in [0.15, 0.2) is 0 Å². The molecule has 1 aliphatic carbocycles. The molecule has 1 unspecified atom stereocenters. The molecule has 0 saturated carbocycles. The van der Waals surface area contributed by atoms with Crippen LogP contribution >= 0.6 is 24.8 Å². The van der Waals surface area contributed by atoms with E-state index in [1.54, 1.807) is 24.7 Å². The summed E-state index contributed by atoms with van der Waals surface area (Å²) in [6, 6.07) is 8.60. The monoisotopic (exact) mass is 365 g/mol. The van der Waals surface area contributed by atoms with Gasteiger partial charge in [0.1, 0.15) is 0 Å². The number of hydrogen-bond acceptors (Lipinski definition) is 1. The van der Waals surface area contributed by atoms with Gasteiger partial charge < -0.3 is 2.84 Å². The summed E-state index contributed by atoms with van der Waals surface area (Å²) in [4.78, 5) is 0. The van der Waals surface area contributed by atoms with Gasteiger partial charge in [-0.05, 0) is 0 Å². The third-order valence-electron chi connectivity index (χ3n) is 2.09. The van der Waals surface area contributed by atoms with Gasteiger partial charge in [-0.25, -0.2) is 0 Å². The molecule has 2 rings (SSSR count). The molecule has 1 aromatic carbocycles. The maximum absolute atomic E-state index is 4.82. The molecule has 0 bridgehead atoms. The Kier molecular flexibility index (Phi) is 14.3. The van der Waals surface area contributed by atoms with Crippen LogP contribution in [0.5, 0.6) is 0 Å². The van der Waals surface area contributed by atoms with Gasteiger partial charge in [0, 0.05) is 0 Å². The molecule has 0 fully saturated rings. The third-order valence-corrected chi connectivity index (χ3v) is 5.63. The van der Waals surface area contributed by atoms with Crippen LogP contribution in [0.2, 0.25) is 5.79 Å². The number of halogens is 2. The van der Waals surface area contributed by atoms with Crippen molar-refractivity contribution in [3.8, 4) is 0 Å². The van der Waals surface area contributed by atoms with Gasteiger partial charge in [-0.3, -0.25) is 0 Å². The summed E-state index contributed by atoms with van der Waals surface area (Å²) in [7, 11) is 0. The summed E-state index contributed by atoms with van der Waals surface area (Å²) in [6.45, 7) is 0. The molecule has 85 valence electrons. The van der Waals surface area contributed by atoms with Crippen LogP contribution in [0.1, 0.15) is 14.8 Å². The molecule has 0 saturated heterocycles. The average molecular weight is 367 g/mol. The van der Waals surface area contributed by atoms with Gasteiger partial charge in [0.2, 0.25) is 0 Å². The van der Waals surface area contributed by atoms with E-state index in [9.17, 15) is 0 Å². The molecule has 6 heteroatoms. The van der Waals surface area contributed by atoms with Crippen LogP contribution < -0.4 is 0 Å². The van der Waals surface area contributed by atoms with Crippen LogP contribution in [0, 0.1) is 0 Å². The first-order chi connectivity index (χ1) is 6.79. The van der Waals surface area contributed by atoms with Crippen molar-refractivity contribution >= 4 is 63.1 Å². The fourth-order valence-electron chi connectivity index (χ4n) is 1.25. The Balaban J connectivity index is 0. The molecule has 0 aromatic heterocycles. The van der Waals surface area contributed by atoms with E-state index in [4.69, 9.17) is 2.84 Å². The van der Waals surface area contributed by atoms with Gasteiger partial charge in [-0.15, -0.1) is 24.8 Å². The van der Waals surface area contributed by atoms with Crippen molar-refractivity contribution in [1.29, 1.82) is 0 Å². The van der Waals surface area contributed by atoms with Crippen molar-refractivity contribution < 1.29 is 27.6 Å². The Labute approximate surface area is 140 Å². The predicted molar refractivity (Wildman–Crippen MR) is 75.4 cm³/mol. The second-order valence-corrected chi connectivity index (χ2v) is 7.46. The fourth-order valence-corrected chi connectivity index (χ4v) is 2.13. The molecule has 0 heterocycles. The number of benzene rings is 1. The fraction of sp³-hybridized carbons (Fsp3) is 0.200. The molecular weight excluding hydrogens is 352 g/mol. The number of rotatable bonds is 1. The molecule has 0 N–H and O–H groups in total. The molecule has 1 atom stereocenters. The number of allylic oxidation sites excluding steroid dienone is 1. The average Bonchev–Trinajstić information content (AvgIpc) is 2.62. The van der Waals surface area contributed by atoms with Crippen molar-refractivity contribution in [3.63, 3.8) is 0 Å². The first-order valence-corrected chi connectivity index (χ1v) is 8.99. The van der Waals surface area contributed by atoms with Gasteiger partial charge in [0.05, 0.1) is 0 Å². The van der Waals surface area contributed by atoms with Crippen molar-refractivity contribution in [2.75, 3.05) is 0 Å². The minimum absolute atomic E-state index is 0. The molecule has 16 heavy (non-hydrogen) atoms. The van der Waals surface area contributed by atoms with Crippen LogP contribution in [-0.4, -0.2) is 32.2 Å². The quantitative estimate of drug-likeness (QED) is 0.691. The van der Waals surface area contributed by atoms with E-state index in [0.29, 0.717) is 3.63 Å². The van der Waals surface area contributed by atoms with E-state index in [-0.39, 0.29) is 40.4 Å². The SMILES string of the molecule is Cl.Cl.[CH3][AlH][O][AlH2].[Zr][CH]1C=Cc2ccccc21. The second kappa shape index (κ2) is 11.5. The van der Waals surface area contributed by atoms with E-state index < -0.39 is 0 Å². The molecule has 0 aliphatic heterocycles. The van der Waals surface area contributed by atoms with Crippen LogP contribution in [0.3, 0.4) is 0 Å². The Morgan fingerprint density at radius 1 is 1.31 bits per heavy atom. The summed E-state index contributed by atoms with van der Waals surface area (Å²) in [5.41, 5.74) is 2.91. The van der Waals surface area contributed by atoms with Gasteiger partial charge >= 0.3 is 108 Å². The normalized spacial score (nSPS) is 14.6. The van der Waals surface area contributed by atoms with Crippen molar-refractivity contribution in [2.45, 2.75) is 9.41 Å². The summed E-state index contributed by atoms with van der Waals surface area (Å²) >= 11 is 2.53. The number of hydrogen-bond donors (Lipinski definition) is 0. The molecule has 1 aromatic rings. The van der Waals surface area contributed by atoms with E-state index >= 15 is 0 Å². The zero-order valence-electron chi connectivity index (χ0n) is 9.47. The Bertz CT molecular complexity index is 321. The zero-order valence-corrected chi connectivity index (χ0v) is 17.0. The molecule has 0 radical (unpaired) electrons. The standard InChI is InChI=1S/C9H7.CH3.2Al.2ClH.O.Zr.3H/c1-2-5-9-7-3-6-8(9)4-1;;;;;;;;;;/h1-7H;1H3;;;2*1H;;;;;. The summed E-state index contributed by atoms with van der Waals surface area (Å²) in [6.07, 6.45) is 4.50. The van der Waals surface area contributed by atoms with Gasteiger partial charge in [-0.2, -0.15) is 0 Å². The first kappa shape index (κ1) is 19.8. The van der Waals surface area contributed by atoms with Crippen molar-refractivity contribution in [3.05, 3.63) is 41.5 Å². The second-order valence-electron chi connectivity index (χ2n) is 3.04. The first-order valence-electron chi connectivity index (χ1n) is 4.76. The summed E-state index contributed by atoms with van der Waals surface area (Å²) in [5, 5.41) is 0. The molecule has 1 nitrogen and oxygen atoms in total. The van der Waals surface area contributed by atoms with Crippen LogP contribution in [0.25, 0.3) is 6.08 Å². The van der Waals surface area contributed by atoms with Crippen LogP contribution in [-0.2, 0) is 27.6 Å². The minimum atomic E-state index is -0.0139. The summed E-state index contributed by atoms with van der Waals surface area (Å²) in [5.74, 6) is 2.13. The van der Waals surface area contributed by atoms with Gasteiger partial charge in [-0.1, -0.05) is 5.79 Å². The van der Waals surface area contributed by atoms with E-state index in [0.717, 1.165) is 16.6 Å². The van der Waals surface area contributed by atoms with Crippen LogP contribution in [0.15, 0.2) is 30.3 Å². The maximum atomic E-state index is 4.82. The zero-order chi connectivity index (χ0) is 10.4. The molecular formula is C10H15Al2Cl2OZr. The predicted octanol–water partition coefficient (Wildman–Crippen LogP) is 2.10.